The molecule has 0 aliphatic carbocycles. The maximum absolute atomic E-state index is 12.6. The lowest BCUT2D eigenvalue weighted by molar-refractivity contribution is -0.139. The Kier molecular flexibility index (Phi) is 3.65. The van der Waals surface area contributed by atoms with Gasteiger partial charge in [0.15, 0.2) is 11.5 Å². The molecule has 0 amide bonds. The molecule has 0 unspecified atom stereocenters. The highest BCUT2D eigenvalue weighted by Crippen LogP contribution is 2.38. The molecule has 1 aliphatic rings. The number of benzene rings is 2. The average molecular weight is 337 g/mol. The molecule has 0 saturated carbocycles. The van der Waals surface area contributed by atoms with Crippen molar-refractivity contribution in [3.05, 3.63) is 58.4 Å². The van der Waals surface area contributed by atoms with Gasteiger partial charge in [-0.05, 0) is 23.8 Å². The van der Waals surface area contributed by atoms with E-state index in [1.54, 1.807) is 6.07 Å². The smallest absolute Gasteiger partial charge is 0.310 e. The third-order valence-electron chi connectivity index (χ3n) is 4.23. The third-order valence-corrected chi connectivity index (χ3v) is 4.23. The second-order valence-corrected chi connectivity index (χ2v) is 5.67. The molecule has 4 rings (SSSR count). The van der Waals surface area contributed by atoms with Crippen LogP contribution in [-0.2, 0) is 16.0 Å². The van der Waals surface area contributed by atoms with Crippen molar-refractivity contribution in [2.45, 2.75) is 6.42 Å². The molecule has 3 aromatic rings. The van der Waals surface area contributed by atoms with Crippen LogP contribution < -0.4 is 15.0 Å². The largest absolute Gasteiger partial charge is 0.469 e. The summed E-state index contributed by atoms with van der Waals surface area (Å²) in [4.78, 5) is 27.2. The number of fused-ring (bicyclic) bond motifs is 2. The van der Waals surface area contributed by atoms with Crippen LogP contribution in [0.5, 0.6) is 11.5 Å². The average Bonchev–Trinajstić information content (AvgIpc) is 3.09. The lowest BCUT2D eigenvalue weighted by Gasteiger charge is -2.13. The van der Waals surface area contributed by atoms with Crippen molar-refractivity contribution in [3.8, 4) is 22.6 Å². The summed E-state index contributed by atoms with van der Waals surface area (Å²) in [5.41, 5.74) is 2.24. The predicted octanol–water partition coefficient (Wildman–Crippen LogP) is 2.64. The molecule has 0 radical (unpaired) electrons. The van der Waals surface area contributed by atoms with Crippen LogP contribution in [0.3, 0.4) is 0 Å². The van der Waals surface area contributed by atoms with Crippen LogP contribution in [0.4, 0.5) is 0 Å². The minimum atomic E-state index is -0.470. The molecule has 1 aliphatic heterocycles. The minimum Gasteiger partial charge on any atom is -0.469 e. The molecule has 25 heavy (non-hydrogen) atoms. The van der Waals surface area contributed by atoms with E-state index in [1.807, 2.05) is 36.4 Å². The van der Waals surface area contributed by atoms with E-state index >= 15 is 0 Å². The van der Waals surface area contributed by atoms with Crippen molar-refractivity contribution in [2.24, 2.45) is 0 Å². The second kappa shape index (κ2) is 5.98. The highest BCUT2D eigenvalue weighted by molar-refractivity contribution is 5.97. The summed E-state index contributed by atoms with van der Waals surface area (Å²) in [6.45, 7) is 0.171. The first-order chi connectivity index (χ1) is 12.2. The van der Waals surface area contributed by atoms with E-state index in [-0.39, 0.29) is 18.8 Å². The monoisotopic (exact) mass is 337 g/mol. The summed E-state index contributed by atoms with van der Waals surface area (Å²) in [6, 6.07) is 13.0. The first kappa shape index (κ1) is 15.3. The maximum Gasteiger partial charge on any atom is 0.310 e. The van der Waals surface area contributed by atoms with Gasteiger partial charge >= 0.3 is 5.97 Å². The molecule has 2 aromatic carbocycles. The number of rotatable bonds is 3. The highest BCUT2D eigenvalue weighted by atomic mass is 16.7. The number of hydrogen-bond donors (Lipinski definition) is 1. The zero-order valence-electron chi connectivity index (χ0n) is 13.5. The topological polar surface area (TPSA) is 77.6 Å². The Labute approximate surface area is 143 Å². The summed E-state index contributed by atoms with van der Waals surface area (Å²) in [7, 11) is 1.30. The normalized spacial score (nSPS) is 12.4. The van der Waals surface area contributed by atoms with Crippen LogP contribution in [0.2, 0.25) is 0 Å². The van der Waals surface area contributed by atoms with E-state index in [0.29, 0.717) is 28.1 Å². The van der Waals surface area contributed by atoms with Crippen LogP contribution in [-0.4, -0.2) is 24.9 Å². The zero-order chi connectivity index (χ0) is 17.4. The molecule has 1 aromatic heterocycles. The van der Waals surface area contributed by atoms with Crippen molar-refractivity contribution in [3.63, 3.8) is 0 Å². The van der Waals surface area contributed by atoms with Gasteiger partial charge in [-0.15, -0.1) is 0 Å². The Bertz CT molecular complexity index is 1040. The van der Waals surface area contributed by atoms with Crippen molar-refractivity contribution >= 4 is 16.9 Å². The summed E-state index contributed by atoms with van der Waals surface area (Å²) >= 11 is 0. The Morgan fingerprint density at radius 2 is 1.96 bits per heavy atom. The number of pyridine rings is 1. The number of aromatic amines is 1. The fourth-order valence-corrected chi connectivity index (χ4v) is 3.05. The number of hydrogen-bond acceptors (Lipinski definition) is 5. The van der Waals surface area contributed by atoms with Crippen molar-refractivity contribution in [1.82, 2.24) is 4.98 Å². The van der Waals surface area contributed by atoms with Crippen molar-refractivity contribution in [2.75, 3.05) is 13.9 Å². The Hall–Kier alpha value is -3.28. The Balaban J connectivity index is 2.01. The van der Waals surface area contributed by atoms with Crippen molar-refractivity contribution < 1.29 is 19.0 Å². The quantitative estimate of drug-likeness (QED) is 0.744. The number of ether oxygens (including phenoxy) is 3. The predicted molar refractivity (Wildman–Crippen MR) is 91.8 cm³/mol. The fourth-order valence-electron chi connectivity index (χ4n) is 3.05. The molecule has 2 heterocycles. The van der Waals surface area contributed by atoms with Crippen LogP contribution in [0.15, 0.2) is 47.3 Å². The number of esters is 1. The van der Waals surface area contributed by atoms with Crippen molar-refractivity contribution in [1.29, 1.82) is 0 Å². The zero-order valence-corrected chi connectivity index (χ0v) is 13.5. The van der Waals surface area contributed by atoms with Gasteiger partial charge in [-0.25, -0.2) is 0 Å². The molecule has 6 nitrogen and oxygen atoms in total. The lowest BCUT2D eigenvalue weighted by Crippen LogP contribution is -2.19. The molecule has 0 saturated heterocycles. The number of aromatic nitrogens is 1. The summed E-state index contributed by atoms with van der Waals surface area (Å²) in [6.07, 6.45) is -0.111. The maximum atomic E-state index is 12.6. The minimum absolute atomic E-state index is 0.111. The fraction of sp³-hybridized carbons (Fsp3) is 0.158. The van der Waals surface area contributed by atoms with Crippen LogP contribution >= 0.6 is 0 Å². The van der Waals surface area contributed by atoms with Gasteiger partial charge in [0.2, 0.25) is 6.79 Å². The van der Waals surface area contributed by atoms with E-state index in [1.165, 1.54) is 7.11 Å². The molecule has 6 heteroatoms. The van der Waals surface area contributed by atoms with Gasteiger partial charge in [0.05, 0.1) is 13.5 Å². The van der Waals surface area contributed by atoms with Gasteiger partial charge in [0.1, 0.15) is 0 Å². The molecule has 0 atom stereocenters. The van der Waals surface area contributed by atoms with Crippen LogP contribution in [0.1, 0.15) is 5.56 Å². The van der Waals surface area contributed by atoms with E-state index in [4.69, 9.17) is 14.2 Å². The number of carbonyl (C=O) groups is 1. The van der Waals surface area contributed by atoms with Crippen LogP contribution in [0.25, 0.3) is 22.0 Å². The first-order valence-electron chi connectivity index (χ1n) is 7.78. The highest BCUT2D eigenvalue weighted by Gasteiger charge is 2.20. The van der Waals surface area contributed by atoms with E-state index in [0.717, 1.165) is 10.9 Å². The summed E-state index contributed by atoms with van der Waals surface area (Å²) in [5, 5.41) is 0.847. The number of methoxy groups -OCH3 is 1. The number of para-hydroxylation sites is 1. The molecule has 126 valence electrons. The standard InChI is InChI=1S/C19H15NO5/c1-23-17(21)9-13-18(11-6-7-15-16(8-11)25-10-24-15)12-4-2-3-5-14(12)20-19(13)22/h2-8H,9-10H2,1H3,(H,20,22). The summed E-state index contributed by atoms with van der Waals surface area (Å²) < 4.78 is 15.5. The van der Waals surface area contributed by atoms with E-state index in [9.17, 15) is 9.59 Å². The van der Waals surface area contributed by atoms with Gasteiger partial charge in [0.25, 0.3) is 5.56 Å². The van der Waals surface area contributed by atoms with E-state index < -0.39 is 5.97 Å². The molecule has 0 spiro atoms. The third kappa shape index (κ3) is 2.61. The Morgan fingerprint density at radius 3 is 2.80 bits per heavy atom. The second-order valence-electron chi connectivity index (χ2n) is 5.67. The van der Waals surface area contributed by atoms with Gasteiger partial charge in [-0.3, -0.25) is 9.59 Å². The summed E-state index contributed by atoms with van der Waals surface area (Å²) in [5.74, 6) is 0.807. The van der Waals surface area contributed by atoms with Gasteiger partial charge < -0.3 is 19.2 Å². The molecule has 1 N–H and O–H groups in total. The van der Waals surface area contributed by atoms with Gasteiger partial charge in [-0.1, -0.05) is 24.3 Å². The first-order valence-corrected chi connectivity index (χ1v) is 7.78. The molecule has 0 fully saturated rings. The Morgan fingerprint density at radius 1 is 1.16 bits per heavy atom. The molecule has 0 bridgehead atoms. The van der Waals surface area contributed by atoms with Gasteiger partial charge in [0, 0.05) is 22.0 Å². The molecular formula is C19H15NO5. The number of H-pyrrole nitrogens is 1. The van der Waals surface area contributed by atoms with Crippen LogP contribution in [0, 0.1) is 0 Å². The molecular weight excluding hydrogens is 322 g/mol. The number of carbonyl (C=O) groups excluding carboxylic acids is 1. The SMILES string of the molecule is COC(=O)Cc1c(-c2ccc3c(c2)OCO3)c2ccccc2[nH]c1=O. The lowest BCUT2D eigenvalue weighted by atomic mass is 9.94. The van der Waals surface area contributed by atoms with Gasteiger partial charge in [-0.2, -0.15) is 0 Å². The number of nitrogens with one attached hydrogen (secondary N) is 1. The van der Waals surface area contributed by atoms with E-state index in [2.05, 4.69) is 4.98 Å².